The molecule has 2 rings (SSSR count). The Morgan fingerprint density at radius 1 is 1.57 bits per heavy atom. The maximum Gasteiger partial charge on any atom is 0.222 e. The predicted molar refractivity (Wildman–Crippen MR) is 54.7 cm³/mol. The molecule has 0 aliphatic heterocycles. The second-order valence-corrected chi connectivity index (χ2v) is 4.55. The summed E-state index contributed by atoms with van der Waals surface area (Å²) in [5, 5.41) is 0. The van der Waals surface area contributed by atoms with E-state index in [-0.39, 0.29) is 12.3 Å². The predicted octanol–water partition coefficient (Wildman–Crippen LogP) is 0.408. The van der Waals surface area contributed by atoms with Gasteiger partial charge in [-0.3, -0.25) is 9.79 Å². The van der Waals surface area contributed by atoms with Gasteiger partial charge in [-0.15, -0.1) is 0 Å². The molecule has 0 radical (unpaired) electrons. The lowest BCUT2D eigenvalue weighted by molar-refractivity contribution is -0.116. The number of hydrogen-bond donors (Lipinski definition) is 2. The number of hydrogen-bond acceptors (Lipinski definition) is 3. The van der Waals surface area contributed by atoms with E-state index in [0.717, 1.165) is 12.3 Å². The molecule has 2 fully saturated rings. The molecule has 14 heavy (non-hydrogen) atoms. The van der Waals surface area contributed by atoms with Crippen LogP contribution >= 0.6 is 0 Å². The number of rotatable bonds is 3. The third kappa shape index (κ3) is 1.66. The molecule has 4 N–H and O–H groups in total. The molecule has 3 atom stereocenters. The van der Waals surface area contributed by atoms with Crippen molar-refractivity contribution in [1.29, 1.82) is 0 Å². The van der Waals surface area contributed by atoms with Crippen LogP contribution in [0.4, 0.5) is 0 Å². The number of nitrogens with zero attached hydrogens (tertiary/aromatic N) is 1. The normalized spacial score (nSPS) is 40.9. The summed E-state index contributed by atoms with van der Waals surface area (Å²) in [5.74, 6) is 0.938. The van der Waals surface area contributed by atoms with E-state index in [0.29, 0.717) is 5.92 Å². The van der Waals surface area contributed by atoms with Crippen molar-refractivity contribution in [3.8, 4) is 0 Å². The van der Waals surface area contributed by atoms with E-state index in [2.05, 4.69) is 4.99 Å². The smallest absolute Gasteiger partial charge is 0.222 e. The van der Waals surface area contributed by atoms with Crippen LogP contribution in [0.1, 0.15) is 32.1 Å². The van der Waals surface area contributed by atoms with Gasteiger partial charge in [0.05, 0.1) is 6.42 Å². The highest BCUT2D eigenvalue weighted by Crippen LogP contribution is 2.49. The standard InChI is InChI=1S/C10H17N3O/c11-9(14)3-4-13-10(12)6-7-1-2-8(10)5-7/h4,7-8H,1-3,5-6,12H2,(H2,11,14). The van der Waals surface area contributed by atoms with Gasteiger partial charge in [-0.05, 0) is 37.5 Å². The van der Waals surface area contributed by atoms with E-state index < -0.39 is 5.66 Å². The summed E-state index contributed by atoms with van der Waals surface area (Å²) in [6, 6.07) is 0. The van der Waals surface area contributed by atoms with Gasteiger partial charge in [0.2, 0.25) is 5.91 Å². The molecule has 2 aliphatic rings. The lowest BCUT2D eigenvalue weighted by atomic mass is 9.90. The van der Waals surface area contributed by atoms with Crippen LogP contribution in [-0.4, -0.2) is 17.8 Å². The average Bonchev–Trinajstić information content (AvgIpc) is 2.62. The van der Waals surface area contributed by atoms with Crippen LogP contribution in [0.5, 0.6) is 0 Å². The van der Waals surface area contributed by atoms with E-state index >= 15 is 0 Å². The average molecular weight is 195 g/mol. The minimum Gasteiger partial charge on any atom is -0.369 e. The van der Waals surface area contributed by atoms with Crippen LogP contribution in [0.25, 0.3) is 0 Å². The Labute approximate surface area is 83.7 Å². The van der Waals surface area contributed by atoms with E-state index in [1.54, 1.807) is 6.21 Å². The fourth-order valence-corrected chi connectivity index (χ4v) is 2.81. The molecule has 0 aromatic carbocycles. The van der Waals surface area contributed by atoms with Gasteiger partial charge in [-0.1, -0.05) is 0 Å². The fraction of sp³-hybridized carbons (Fsp3) is 0.800. The van der Waals surface area contributed by atoms with Gasteiger partial charge in [-0.25, -0.2) is 0 Å². The van der Waals surface area contributed by atoms with Gasteiger partial charge in [-0.2, -0.15) is 0 Å². The molecule has 4 heteroatoms. The molecule has 2 aliphatic carbocycles. The van der Waals surface area contributed by atoms with Crippen molar-refractivity contribution in [3.63, 3.8) is 0 Å². The van der Waals surface area contributed by atoms with Gasteiger partial charge in [0.15, 0.2) is 0 Å². The monoisotopic (exact) mass is 195 g/mol. The van der Waals surface area contributed by atoms with Crippen LogP contribution in [0.2, 0.25) is 0 Å². The van der Waals surface area contributed by atoms with E-state index in [1.165, 1.54) is 19.3 Å². The summed E-state index contributed by atoms with van der Waals surface area (Å²) in [7, 11) is 0. The molecule has 1 amide bonds. The Kier molecular flexibility index (Phi) is 2.31. The van der Waals surface area contributed by atoms with Gasteiger partial charge < -0.3 is 11.5 Å². The Balaban J connectivity index is 1.97. The Hall–Kier alpha value is -0.900. The first-order valence-electron chi connectivity index (χ1n) is 5.21. The van der Waals surface area contributed by atoms with Gasteiger partial charge >= 0.3 is 0 Å². The molecule has 0 aromatic heterocycles. The molecule has 2 bridgehead atoms. The molecule has 4 nitrogen and oxygen atoms in total. The van der Waals surface area contributed by atoms with Crippen molar-refractivity contribution in [2.75, 3.05) is 0 Å². The van der Waals surface area contributed by atoms with Gasteiger partial charge in [0.1, 0.15) is 5.66 Å². The van der Waals surface area contributed by atoms with Crippen molar-refractivity contribution in [2.24, 2.45) is 28.3 Å². The Morgan fingerprint density at radius 3 is 2.86 bits per heavy atom. The van der Waals surface area contributed by atoms with Crippen molar-refractivity contribution in [2.45, 2.75) is 37.8 Å². The molecular formula is C10H17N3O. The SMILES string of the molecule is NC(=O)CC=NC1(N)CC2CCC1C2. The first-order chi connectivity index (χ1) is 6.60. The zero-order valence-corrected chi connectivity index (χ0v) is 8.28. The molecule has 78 valence electrons. The molecule has 3 unspecified atom stereocenters. The topological polar surface area (TPSA) is 81.5 Å². The third-order valence-corrected chi connectivity index (χ3v) is 3.49. The molecule has 0 aromatic rings. The second kappa shape index (κ2) is 3.35. The minimum atomic E-state index is -0.391. The maximum absolute atomic E-state index is 10.5. The summed E-state index contributed by atoms with van der Waals surface area (Å²) in [5.41, 5.74) is 10.8. The number of fused-ring (bicyclic) bond motifs is 2. The highest BCUT2D eigenvalue weighted by Gasteiger charge is 2.48. The second-order valence-electron chi connectivity index (χ2n) is 4.55. The first-order valence-corrected chi connectivity index (χ1v) is 5.21. The van der Waals surface area contributed by atoms with Crippen molar-refractivity contribution < 1.29 is 4.79 Å². The van der Waals surface area contributed by atoms with Crippen LogP contribution in [0, 0.1) is 11.8 Å². The maximum atomic E-state index is 10.5. The summed E-state index contributed by atoms with van der Waals surface area (Å²) in [4.78, 5) is 14.9. The van der Waals surface area contributed by atoms with Gasteiger partial charge in [0.25, 0.3) is 0 Å². The summed E-state index contributed by atoms with van der Waals surface area (Å²) in [6.45, 7) is 0. The molecule has 0 saturated heterocycles. The highest BCUT2D eigenvalue weighted by molar-refractivity contribution is 5.88. The van der Waals surface area contributed by atoms with E-state index in [9.17, 15) is 4.79 Å². The van der Waals surface area contributed by atoms with E-state index in [1.807, 2.05) is 0 Å². The van der Waals surface area contributed by atoms with Crippen LogP contribution in [0.3, 0.4) is 0 Å². The number of carbonyl (C=O) groups excluding carboxylic acids is 1. The summed E-state index contributed by atoms with van der Waals surface area (Å²) in [6.07, 6.45) is 6.47. The number of carbonyl (C=O) groups is 1. The van der Waals surface area contributed by atoms with Crippen molar-refractivity contribution >= 4 is 12.1 Å². The Morgan fingerprint density at radius 2 is 2.36 bits per heavy atom. The van der Waals surface area contributed by atoms with Crippen molar-refractivity contribution in [1.82, 2.24) is 0 Å². The number of aliphatic imine (C=N–C) groups is 1. The van der Waals surface area contributed by atoms with Crippen LogP contribution in [-0.2, 0) is 4.79 Å². The largest absolute Gasteiger partial charge is 0.369 e. The van der Waals surface area contributed by atoms with E-state index in [4.69, 9.17) is 11.5 Å². The number of primary amides is 1. The zero-order valence-electron chi connectivity index (χ0n) is 8.28. The van der Waals surface area contributed by atoms with Crippen LogP contribution in [0.15, 0.2) is 4.99 Å². The minimum absolute atomic E-state index is 0.205. The number of nitrogens with two attached hydrogens (primary N) is 2. The Bertz CT molecular complexity index is 277. The summed E-state index contributed by atoms with van der Waals surface area (Å²) < 4.78 is 0. The third-order valence-electron chi connectivity index (χ3n) is 3.49. The van der Waals surface area contributed by atoms with Gasteiger partial charge in [0, 0.05) is 6.21 Å². The fourth-order valence-electron chi connectivity index (χ4n) is 2.81. The number of amides is 1. The molecule has 0 heterocycles. The zero-order chi connectivity index (χ0) is 10.2. The van der Waals surface area contributed by atoms with Crippen molar-refractivity contribution in [3.05, 3.63) is 0 Å². The molecule has 2 saturated carbocycles. The van der Waals surface area contributed by atoms with Crippen LogP contribution < -0.4 is 11.5 Å². The lowest BCUT2D eigenvalue weighted by Crippen LogP contribution is -2.43. The molecular weight excluding hydrogens is 178 g/mol. The summed E-state index contributed by atoms with van der Waals surface area (Å²) >= 11 is 0. The highest BCUT2D eigenvalue weighted by atomic mass is 16.1. The lowest BCUT2D eigenvalue weighted by Gasteiger charge is -2.29. The first kappa shape index (κ1) is 9.65. The quantitative estimate of drug-likeness (QED) is 0.639. The molecule has 0 spiro atoms.